The standard InChI is InChI=1S/C14H11NO5/c16-11(8-12(17)14(18)19)13-2-1-10(20-13)7-9-3-5-15-6-4-9/h1-6,8,17H,7H2,(H,18,19)/b12-8-. The van der Waals surface area contributed by atoms with Crippen molar-refractivity contribution >= 4 is 11.8 Å². The second kappa shape index (κ2) is 5.83. The van der Waals surface area contributed by atoms with Gasteiger partial charge < -0.3 is 14.6 Å². The lowest BCUT2D eigenvalue weighted by Crippen LogP contribution is -2.03. The van der Waals surface area contributed by atoms with E-state index in [0.29, 0.717) is 18.3 Å². The van der Waals surface area contributed by atoms with Gasteiger partial charge in [0.25, 0.3) is 0 Å². The zero-order valence-corrected chi connectivity index (χ0v) is 10.3. The molecule has 0 unspecified atom stereocenters. The fraction of sp³-hybridized carbons (Fsp3) is 0.0714. The van der Waals surface area contributed by atoms with Gasteiger partial charge in [0.2, 0.25) is 11.5 Å². The highest BCUT2D eigenvalue weighted by molar-refractivity contribution is 6.06. The number of pyridine rings is 1. The molecule has 0 amide bonds. The first-order chi connectivity index (χ1) is 9.56. The molecule has 6 nitrogen and oxygen atoms in total. The van der Waals surface area contributed by atoms with Crippen molar-refractivity contribution in [2.75, 3.05) is 0 Å². The molecule has 2 aromatic heterocycles. The van der Waals surface area contributed by atoms with Crippen LogP contribution in [0.25, 0.3) is 0 Å². The van der Waals surface area contributed by atoms with Crippen LogP contribution < -0.4 is 0 Å². The molecule has 0 saturated heterocycles. The van der Waals surface area contributed by atoms with E-state index >= 15 is 0 Å². The second-order valence-corrected chi connectivity index (χ2v) is 4.00. The number of aromatic nitrogens is 1. The van der Waals surface area contributed by atoms with Gasteiger partial charge in [-0.2, -0.15) is 0 Å². The number of furan rings is 1. The number of ketones is 1. The van der Waals surface area contributed by atoms with Crippen LogP contribution in [0, 0.1) is 0 Å². The van der Waals surface area contributed by atoms with Crippen LogP contribution in [-0.2, 0) is 11.2 Å². The first-order valence-electron chi connectivity index (χ1n) is 5.72. The van der Waals surface area contributed by atoms with Gasteiger partial charge in [0, 0.05) is 24.9 Å². The molecule has 0 spiro atoms. The Morgan fingerprint density at radius 1 is 1.15 bits per heavy atom. The van der Waals surface area contributed by atoms with Crippen molar-refractivity contribution in [3.05, 3.63) is 65.6 Å². The van der Waals surface area contributed by atoms with Crippen molar-refractivity contribution in [2.24, 2.45) is 0 Å². The van der Waals surface area contributed by atoms with Crippen molar-refractivity contribution in [1.82, 2.24) is 4.98 Å². The number of aliphatic hydroxyl groups excluding tert-OH is 1. The van der Waals surface area contributed by atoms with Gasteiger partial charge in [0.1, 0.15) is 5.76 Å². The van der Waals surface area contributed by atoms with Crippen LogP contribution in [0.2, 0.25) is 0 Å². The van der Waals surface area contributed by atoms with Gasteiger partial charge in [0.15, 0.2) is 5.76 Å². The van der Waals surface area contributed by atoms with Crippen molar-refractivity contribution in [2.45, 2.75) is 6.42 Å². The number of carboxylic acid groups (broad SMARTS) is 1. The predicted molar refractivity (Wildman–Crippen MR) is 68.4 cm³/mol. The fourth-order valence-electron chi connectivity index (χ4n) is 1.56. The Labute approximate surface area is 114 Å². The van der Waals surface area contributed by atoms with Gasteiger partial charge in [-0.25, -0.2) is 4.79 Å². The summed E-state index contributed by atoms with van der Waals surface area (Å²) in [5.41, 5.74) is 0.970. The molecule has 0 saturated carbocycles. The van der Waals surface area contributed by atoms with Gasteiger partial charge >= 0.3 is 5.97 Å². The van der Waals surface area contributed by atoms with E-state index < -0.39 is 17.5 Å². The molecule has 2 rings (SSSR count). The summed E-state index contributed by atoms with van der Waals surface area (Å²) in [6, 6.07) is 6.70. The zero-order chi connectivity index (χ0) is 14.5. The first kappa shape index (κ1) is 13.5. The number of aliphatic hydroxyl groups is 1. The lowest BCUT2D eigenvalue weighted by atomic mass is 10.2. The summed E-state index contributed by atoms with van der Waals surface area (Å²) in [7, 11) is 0. The summed E-state index contributed by atoms with van der Waals surface area (Å²) in [6.07, 6.45) is 4.40. The molecule has 2 heterocycles. The normalized spacial score (nSPS) is 11.3. The van der Waals surface area contributed by atoms with E-state index in [1.165, 1.54) is 6.07 Å². The smallest absolute Gasteiger partial charge is 0.371 e. The largest absolute Gasteiger partial charge is 0.502 e. The summed E-state index contributed by atoms with van der Waals surface area (Å²) >= 11 is 0. The van der Waals surface area contributed by atoms with Crippen LogP contribution >= 0.6 is 0 Å². The van der Waals surface area contributed by atoms with Crippen LogP contribution in [0.15, 0.2) is 52.9 Å². The Balaban J connectivity index is 2.11. The molecule has 0 bridgehead atoms. The SMILES string of the molecule is O=C(O)/C(O)=C/C(=O)c1ccc(Cc2ccncc2)o1. The van der Waals surface area contributed by atoms with Crippen LogP contribution in [-0.4, -0.2) is 26.9 Å². The number of aliphatic carboxylic acids is 1. The Kier molecular flexibility index (Phi) is 3.95. The molecule has 0 fully saturated rings. The third-order valence-corrected chi connectivity index (χ3v) is 2.52. The van der Waals surface area contributed by atoms with E-state index in [1.54, 1.807) is 18.5 Å². The maximum absolute atomic E-state index is 11.6. The lowest BCUT2D eigenvalue weighted by molar-refractivity contribution is -0.135. The molecular weight excluding hydrogens is 262 g/mol. The third kappa shape index (κ3) is 3.32. The Bertz CT molecular complexity index is 657. The predicted octanol–water partition coefficient (Wildman–Crippen LogP) is 1.97. The quantitative estimate of drug-likeness (QED) is 0.490. The fourth-order valence-corrected chi connectivity index (χ4v) is 1.56. The molecule has 102 valence electrons. The van der Waals surface area contributed by atoms with Gasteiger partial charge in [-0.1, -0.05) is 0 Å². The summed E-state index contributed by atoms with van der Waals surface area (Å²) in [5.74, 6) is -2.76. The highest BCUT2D eigenvalue weighted by atomic mass is 16.4. The molecule has 0 aliphatic heterocycles. The summed E-state index contributed by atoms with van der Waals surface area (Å²) < 4.78 is 5.31. The minimum Gasteiger partial charge on any atom is -0.502 e. The Hall–Kier alpha value is -2.89. The number of hydrogen-bond donors (Lipinski definition) is 2. The average Bonchev–Trinajstić information content (AvgIpc) is 2.88. The van der Waals surface area contributed by atoms with E-state index in [2.05, 4.69) is 4.98 Å². The van der Waals surface area contributed by atoms with Gasteiger partial charge in [-0.15, -0.1) is 0 Å². The number of hydrogen-bond acceptors (Lipinski definition) is 5. The minimum atomic E-state index is -1.57. The number of carbonyl (C=O) groups is 2. The van der Waals surface area contributed by atoms with E-state index in [4.69, 9.17) is 14.6 Å². The first-order valence-corrected chi connectivity index (χ1v) is 5.72. The van der Waals surface area contributed by atoms with Crippen LogP contribution in [0.1, 0.15) is 21.9 Å². The summed E-state index contributed by atoms with van der Waals surface area (Å²) in [5, 5.41) is 17.5. The molecular formula is C14H11NO5. The van der Waals surface area contributed by atoms with Crippen LogP contribution in [0.3, 0.4) is 0 Å². The second-order valence-electron chi connectivity index (χ2n) is 4.00. The Morgan fingerprint density at radius 2 is 1.85 bits per heavy atom. The van der Waals surface area contributed by atoms with Crippen LogP contribution in [0.5, 0.6) is 0 Å². The van der Waals surface area contributed by atoms with Crippen molar-refractivity contribution in [3.8, 4) is 0 Å². The minimum absolute atomic E-state index is 0.0261. The number of nitrogens with zero attached hydrogens (tertiary/aromatic N) is 1. The van der Waals surface area contributed by atoms with Gasteiger partial charge in [-0.3, -0.25) is 9.78 Å². The molecule has 0 aliphatic carbocycles. The highest BCUT2D eigenvalue weighted by Gasteiger charge is 2.13. The number of allylic oxidation sites excluding steroid dienone is 1. The molecule has 20 heavy (non-hydrogen) atoms. The number of carbonyl (C=O) groups excluding carboxylic acids is 1. The van der Waals surface area contributed by atoms with E-state index in [9.17, 15) is 9.59 Å². The summed E-state index contributed by atoms with van der Waals surface area (Å²) in [6.45, 7) is 0. The van der Waals surface area contributed by atoms with Crippen molar-refractivity contribution < 1.29 is 24.2 Å². The molecule has 6 heteroatoms. The maximum Gasteiger partial charge on any atom is 0.371 e. The average molecular weight is 273 g/mol. The Morgan fingerprint density at radius 3 is 2.50 bits per heavy atom. The van der Waals surface area contributed by atoms with Gasteiger partial charge in [-0.05, 0) is 29.8 Å². The molecule has 2 aromatic rings. The summed E-state index contributed by atoms with van der Waals surface area (Å²) in [4.78, 5) is 25.9. The molecule has 0 radical (unpaired) electrons. The van der Waals surface area contributed by atoms with E-state index in [1.807, 2.05) is 12.1 Å². The zero-order valence-electron chi connectivity index (χ0n) is 10.3. The van der Waals surface area contributed by atoms with Gasteiger partial charge in [0.05, 0.1) is 0 Å². The highest BCUT2D eigenvalue weighted by Crippen LogP contribution is 2.14. The third-order valence-electron chi connectivity index (χ3n) is 2.52. The maximum atomic E-state index is 11.6. The monoisotopic (exact) mass is 273 g/mol. The molecule has 0 aromatic carbocycles. The van der Waals surface area contributed by atoms with Crippen molar-refractivity contribution in [1.29, 1.82) is 0 Å². The molecule has 0 atom stereocenters. The topological polar surface area (TPSA) is 101 Å². The molecule has 2 N–H and O–H groups in total. The van der Waals surface area contributed by atoms with E-state index in [-0.39, 0.29) is 5.76 Å². The molecule has 0 aliphatic rings. The number of rotatable bonds is 5. The van der Waals surface area contributed by atoms with Crippen molar-refractivity contribution in [3.63, 3.8) is 0 Å². The van der Waals surface area contributed by atoms with E-state index in [0.717, 1.165) is 5.56 Å². The van der Waals surface area contributed by atoms with Crippen LogP contribution in [0.4, 0.5) is 0 Å². The number of carboxylic acids is 1. The lowest BCUT2D eigenvalue weighted by Gasteiger charge is -1.97.